The smallest absolute Gasteiger partial charge is 0.251 e. The number of benzene rings is 1. The molecule has 0 spiro atoms. The summed E-state index contributed by atoms with van der Waals surface area (Å²) in [6, 6.07) is 4.90. The number of amides is 5. The van der Waals surface area contributed by atoms with E-state index in [2.05, 4.69) is 26.6 Å². The summed E-state index contributed by atoms with van der Waals surface area (Å²) in [4.78, 5) is 60.3. The first-order valence-corrected chi connectivity index (χ1v) is 11.2. The van der Waals surface area contributed by atoms with E-state index in [-0.39, 0.29) is 30.2 Å². The minimum absolute atomic E-state index is 0.0816. The molecule has 33 heavy (non-hydrogen) atoms. The van der Waals surface area contributed by atoms with Crippen molar-refractivity contribution in [2.75, 3.05) is 18.4 Å². The molecule has 0 unspecified atom stereocenters. The standard InChI is InChI=1S/C23H35N5O5/c1-5-12-24-21(31)15(3)26-19(29)10-11-20(30)28-18-9-7-8-17(14-18)23(33)27-16(4)22(32)25-13-6-2/h7-9,14-16H,5-6,10-13H2,1-4H3,(H,24,31)(H,25,32)(H,26,29)(H,27,33)(H,28,30)/t15-,16+/m0/s1. The van der Waals surface area contributed by atoms with E-state index >= 15 is 0 Å². The molecule has 10 heteroatoms. The highest BCUT2D eigenvalue weighted by molar-refractivity contribution is 5.99. The van der Waals surface area contributed by atoms with Crippen LogP contribution in [0, 0.1) is 0 Å². The van der Waals surface area contributed by atoms with Crippen molar-refractivity contribution in [2.45, 2.75) is 65.5 Å². The van der Waals surface area contributed by atoms with E-state index in [0.717, 1.165) is 12.8 Å². The molecule has 5 N–H and O–H groups in total. The van der Waals surface area contributed by atoms with Crippen molar-refractivity contribution >= 4 is 35.2 Å². The van der Waals surface area contributed by atoms with E-state index in [9.17, 15) is 24.0 Å². The summed E-state index contributed by atoms with van der Waals surface area (Å²) >= 11 is 0. The van der Waals surface area contributed by atoms with Gasteiger partial charge in [0, 0.05) is 37.2 Å². The summed E-state index contributed by atoms with van der Waals surface area (Å²) in [5.74, 6) is -1.81. The van der Waals surface area contributed by atoms with Crippen LogP contribution in [-0.4, -0.2) is 54.7 Å². The first-order valence-electron chi connectivity index (χ1n) is 11.2. The number of carbonyl (C=O) groups is 5. The molecule has 182 valence electrons. The predicted molar refractivity (Wildman–Crippen MR) is 125 cm³/mol. The van der Waals surface area contributed by atoms with Crippen molar-refractivity contribution in [1.82, 2.24) is 21.3 Å². The Hall–Kier alpha value is -3.43. The second-order valence-electron chi connectivity index (χ2n) is 7.70. The minimum Gasteiger partial charge on any atom is -0.354 e. The summed E-state index contributed by atoms with van der Waals surface area (Å²) in [5.41, 5.74) is 0.677. The van der Waals surface area contributed by atoms with Gasteiger partial charge in [0.25, 0.3) is 5.91 Å². The van der Waals surface area contributed by atoms with Gasteiger partial charge in [-0.2, -0.15) is 0 Å². The van der Waals surface area contributed by atoms with Crippen molar-refractivity contribution in [3.63, 3.8) is 0 Å². The van der Waals surface area contributed by atoms with Crippen molar-refractivity contribution in [3.8, 4) is 0 Å². The summed E-state index contributed by atoms with van der Waals surface area (Å²) < 4.78 is 0. The predicted octanol–water partition coefficient (Wildman–Crippen LogP) is 1.08. The van der Waals surface area contributed by atoms with Crippen LogP contribution in [0.15, 0.2) is 24.3 Å². The number of nitrogens with one attached hydrogen (secondary N) is 5. The summed E-state index contributed by atoms with van der Waals surface area (Å²) in [5, 5.41) is 13.2. The number of hydrogen-bond donors (Lipinski definition) is 5. The van der Waals surface area contributed by atoms with Gasteiger partial charge in [-0.05, 0) is 44.9 Å². The third-order valence-electron chi connectivity index (χ3n) is 4.60. The zero-order valence-electron chi connectivity index (χ0n) is 19.7. The maximum atomic E-state index is 12.4. The topological polar surface area (TPSA) is 146 Å². The molecule has 10 nitrogen and oxygen atoms in total. The van der Waals surface area contributed by atoms with Gasteiger partial charge >= 0.3 is 0 Å². The number of hydrogen-bond acceptors (Lipinski definition) is 5. The van der Waals surface area contributed by atoms with Crippen molar-refractivity contribution in [1.29, 1.82) is 0 Å². The van der Waals surface area contributed by atoms with Gasteiger partial charge in [-0.1, -0.05) is 19.9 Å². The molecule has 0 saturated carbocycles. The van der Waals surface area contributed by atoms with Gasteiger partial charge < -0.3 is 26.6 Å². The second kappa shape index (κ2) is 14.6. The zero-order valence-corrected chi connectivity index (χ0v) is 19.7. The van der Waals surface area contributed by atoms with E-state index < -0.39 is 29.8 Å². The Morgan fingerprint density at radius 2 is 1.33 bits per heavy atom. The van der Waals surface area contributed by atoms with Gasteiger partial charge in [-0.15, -0.1) is 0 Å². The lowest BCUT2D eigenvalue weighted by molar-refractivity contribution is -0.129. The lowest BCUT2D eigenvalue weighted by Gasteiger charge is -2.14. The Kier molecular flexibility index (Phi) is 12.2. The maximum Gasteiger partial charge on any atom is 0.251 e. The van der Waals surface area contributed by atoms with Crippen LogP contribution in [0.3, 0.4) is 0 Å². The van der Waals surface area contributed by atoms with Gasteiger partial charge in [0.05, 0.1) is 0 Å². The molecule has 0 heterocycles. The van der Waals surface area contributed by atoms with Crippen LogP contribution in [0.2, 0.25) is 0 Å². The van der Waals surface area contributed by atoms with Gasteiger partial charge in [0.1, 0.15) is 12.1 Å². The largest absolute Gasteiger partial charge is 0.354 e. The van der Waals surface area contributed by atoms with Gasteiger partial charge in [0.2, 0.25) is 23.6 Å². The molecule has 0 aliphatic heterocycles. The van der Waals surface area contributed by atoms with E-state index in [4.69, 9.17) is 0 Å². The number of carbonyl (C=O) groups excluding carboxylic acids is 5. The molecular weight excluding hydrogens is 426 g/mol. The van der Waals surface area contributed by atoms with E-state index in [1.807, 2.05) is 13.8 Å². The molecule has 1 aromatic rings. The molecule has 0 aromatic heterocycles. The van der Waals surface area contributed by atoms with E-state index in [0.29, 0.717) is 18.8 Å². The molecule has 0 aliphatic rings. The average molecular weight is 462 g/mol. The summed E-state index contributed by atoms with van der Waals surface area (Å²) in [6.45, 7) is 8.09. The third-order valence-corrected chi connectivity index (χ3v) is 4.60. The molecule has 5 amide bonds. The molecule has 0 bridgehead atoms. The second-order valence-corrected chi connectivity index (χ2v) is 7.70. The monoisotopic (exact) mass is 461 g/mol. The lowest BCUT2D eigenvalue weighted by Crippen LogP contribution is -2.45. The fourth-order valence-electron chi connectivity index (χ4n) is 2.72. The highest BCUT2D eigenvalue weighted by Crippen LogP contribution is 2.12. The van der Waals surface area contributed by atoms with Crippen LogP contribution in [-0.2, 0) is 19.2 Å². The van der Waals surface area contributed by atoms with Crippen LogP contribution < -0.4 is 26.6 Å². The highest BCUT2D eigenvalue weighted by Gasteiger charge is 2.17. The van der Waals surface area contributed by atoms with Crippen LogP contribution in [0.5, 0.6) is 0 Å². The first kappa shape index (κ1) is 27.6. The highest BCUT2D eigenvalue weighted by atomic mass is 16.2. The summed E-state index contributed by atoms with van der Waals surface area (Å²) in [6.07, 6.45) is 1.42. The molecule has 0 aliphatic carbocycles. The molecule has 2 atom stereocenters. The Morgan fingerprint density at radius 1 is 0.788 bits per heavy atom. The Morgan fingerprint density at radius 3 is 1.91 bits per heavy atom. The van der Waals surface area contributed by atoms with Gasteiger partial charge in [-0.25, -0.2) is 0 Å². The fraction of sp³-hybridized carbons (Fsp3) is 0.522. The molecule has 0 radical (unpaired) electrons. The number of rotatable bonds is 13. The van der Waals surface area contributed by atoms with Crippen LogP contribution in [0.1, 0.15) is 63.7 Å². The molecule has 1 aromatic carbocycles. The van der Waals surface area contributed by atoms with Gasteiger partial charge in [-0.3, -0.25) is 24.0 Å². The van der Waals surface area contributed by atoms with E-state index in [1.165, 1.54) is 6.07 Å². The quantitative estimate of drug-likeness (QED) is 0.298. The minimum atomic E-state index is -0.702. The van der Waals surface area contributed by atoms with Gasteiger partial charge in [0.15, 0.2) is 0 Å². The Balaban J connectivity index is 2.52. The average Bonchev–Trinajstić information content (AvgIpc) is 2.79. The van der Waals surface area contributed by atoms with Crippen LogP contribution in [0.4, 0.5) is 5.69 Å². The normalized spacial score (nSPS) is 12.1. The maximum absolute atomic E-state index is 12.4. The fourth-order valence-corrected chi connectivity index (χ4v) is 2.72. The van der Waals surface area contributed by atoms with Crippen LogP contribution >= 0.6 is 0 Å². The number of anilines is 1. The molecule has 0 saturated heterocycles. The third kappa shape index (κ3) is 10.6. The van der Waals surface area contributed by atoms with Crippen molar-refractivity contribution in [3.05, 3.63) is 29.8 Å². The SMILES string of the molecule is CCCNC(=O)[C@H](C)NC(=O)CCC(=O)Nc1cccc(C(=O)N[C@H](C)C(=O)NCCC)c1. The van der Waals surface area contributed by atoms with Crippen molar-refractivity contribution < 1.29 is 24.0 Å². The summed E-state index contributed by atoms with van der Waals surface area (Å²) in [7, 11) is 0. The first-order chi connectivity index (χ1) is 15.7. The molecule has 1 rings (SSSR count). The zero-order chi connectivity index (χ0) is 24.8. The van der Waals surface area contributed by atoms with Crippen molar-refractivity contribution in [2.24, 2.45) is 0 Å². The molecule has 0 fully saturated rings. The van der Waals surface area contributed by atoms with E-state index in [1.54, 1.807) is 32.0 Å². The van der Waals surface area contributed by atoms with Crippen LogP contribution in [0.25, 0.3) is 0 Å². The Bertz CT molecular complexity index is 842. The molecular formula is C23H35N5O5. The lowest BCUT2D eigenvalue weighted by atomic mass is 10.1. The Labute approximate surface area is 194 Å².